The van der Waals surface area contributed by atoms with E-state index in [1.54, 1.807) is 0 Å². The molecule has 1 aliphatic rings. The van der Waals surface area contributed by atoms with E-state index >= 15 is 0 Å². The van der Waals surface area contributed by atoms with Crippen molar-refractivity contribution in [2.24, 2.45) is 0 Å². The summed E-state index contributed by atoms with van der Waals surface area (Å²) in [7, 11) is 2.06. The molecule has 140 valence electrons. The number of likely N-dealkylation sites (N-methyl/N-ethyl adjacent to an activating group) is 1. The minimum absolute atomic E-state index is 0.507. The lowest BCUT2D eigenvalue weighted by atomic mass is 10.1. The van der Waals surface area contributed by atoms with E-state index in [-0.39, 0.29) is 0 Å². The van der Waals surface area contributed by atoms with Crippen LogP contribution in [0, 0.1) is 6.92 Å². The van der Waals surface area contributed by atoms with Crippen molar-refractivity contribution in [1.82, 2.24) is 15.3 Å². The number of carboxylic acids is 1. The Kier molecular flexibility index (Phi) is 6.14. The molecule has 2 heterocycles. The average molecular weight is 368 g/mol. The maximum absolute atomic E-state index is 10.6. The fourth-order valence-corrected chi connectivity index (χ4v) is 2.24. The minimum atomic E-state index is -5.08. The molecule has 3 rings (SSSR count). The largest absolute Gasteiger partial charge is 0.490 e. The van der Waals surface area contributed by atoms with Gasteiger partial charge in [-0.25, -0.2) is 14.8 Å². The number of hydrogen-bond acceptors (Lipinski definition) is 5. The van der Waals surface area contributed by atoms with Gasteiger partial charge in [0.1, 0.15) is 0 Å². The quantitative estimate of drug-likeness (QED) is 0.867. The van der Waals surface area contributed by atoms with Crippen molar-refractivity contribution in [3.63, 3.8) is 0 Å². The Hall–Kier alpha value is -2.68. The summed E-state index contributed by atoms with van der Waals surface area (Å²) < 4.78 is 31.7. The van der Waals surface area contributed by atoms with Crippen LogP contribution in [0.25, 0.3) is 11.3 Å². The van der Waals surface area contributed by atoms with Gasteiger partial charge < -0.3 is 15.3 Å². The maximum atomic E-state index is 10.6. The second kappa shape index (κ2) is 8.13. The van der Waals surface area contributed by atoms with E-state index in [0.717, 1.165) is 24.7 Å². The molecule has 2 N–H and O–H groups in total. The van der Waals surface area contributed by atoms with Gasteiger partial charge in [-0.05, 0) is 18.6 Å². The Morgan fingerprint density at radius 2 is 1.88 bits per heavy atom. The summed E-state index contributed by atoms with van der Waals surface area (Å²) in [5, 5.41) is 10.4. The van der Waals surface area contributed by atoms with Crippen LogP contribution in [0.15, 0.2) is 36.5 Å². The Morgan fingerprint density at radius 1 is 1.27 bits per heavy atom. The number of aryl methyl sites for hydroxylation is 1. The molecule has 0 bridgehead atoms. The van der Waals surface area contributed by atoms with E-state index in [0.29, 0.717) is 6.04 Å². The first-order valence-corrected chi connectivity index (χ1v) is 7.83. The highest BCUT2D eigenvalue weighted by Gasteiger charge is 2.38. The first-order chi connectivity index (χ1) is 12.2. The zero-order chi connectivity index (χ0) is 19.3. The monoisotopic (exact) mass is 368 g/mol. The molecule has 0 radical (unpaired) electrons. The summed E-state index contributed by atoms with van der Waals surface area (Å²) in [6, 6.07) is 10.8. The average Bonchev–Trinajstić information content (AvgIpc) is 2.53. The molecule has 0 unspecified atom stereocenters. The van der Waals surface area contributed by atoms with Gasteiger partial charge in [-0.2, -0.15) is 13.2 Å². The molecule has 1 aromatic carbocycles. The number of alkyl halides is 3. The number of anilines is 1. The zero-order valence-corrected chi connectivity index (χ0v) is 14.3. The standard InChI is InChI=1S/C15H18N4.C2HF3O2/c1-11-5-3-4-6-13(11)14-7-8-17-15(18-14)19(2)12-9-16-10-12;3-2(4,5)1(6)7/h3-8,12,16H,9-10H2,1-2H3;(H,6,7). The van der Waals surface area contributed by atoms with Crippen molar-refractivity contribution in [3.05, 3.63) is 42.1 Å². The van der Waals surface area contributed by atoms with Crippen molar-refractivity contribution in [2.45, 2.75) is 19.1 Å². The number of aliphatic carboxylic acids is 1. The first kappa shape index (κ1) is 19.6. The van der Waals surface area contributed by atoms with E-state index in [1.165, 1.54) is 11.1 Å². The van der Waals surface area contributed by atoms with Gasteiger partial charge in [-0.3, -0.25) is 0 Å². The fraction of sp³-hybridized carbons (Fsp3) is 0.353. The lowest BCUT2D eigenvalue weighted by molar-refractivity contribution is -0.192. The van der Waals surface area contributed by atoms with Crippen LogP contribution in [0.4, 0.5) is 19.1 Å². The van der Waals surface area contributed by atoms with Crippen LogP contribution in [0.2, 0.25) is 0 Å². The molecule has 9 heteroatoms. The van der Waals surface area contributed by atoms with E-state index < -0.39 is 12.1 Å². The molecular weight excluding hydrogens is 349 g/mol. The summed E-state index contributed by atoms with van der Waals surface area (Å²) in [5.74, 6) is -1.96. The van der Waals surface area contributed by atoms with Crippen molar-refractivity contribution in [2.75, 3.05) is 25.0 Å². The van der Waals surface area contributed by atoms with Crippen molar-refractivity contribution in [1.29, 1.82) is 0 Å². The van der Waals surface area contributed by atoms with Gasteiger partial charge in [-0.1, -0.05) is 24.3 Å². The molecular formula is C17H19F3N4O2. The summed E-state index contributed by atoms with van der Waals surface area (Å²) in [6.45, 7) is 4.12. The van der Waals surface area contributed by atoms with Crippen molar-refractivity contribution >= 4 is 11.9 Å². The Balaban J connectivity index is 0.000000298. The SMILES string of the molecule is Cc1ccccc1-c1ccnc(N(C)C2CNC2)n1.O=C(O)C(F)(F)F. The topological polar surface area (TPSA) is 78.4 Å². The minimum Gasteiger partial charge on any atom is -0.475 e. The number of carboxylic acid groups (broad SMARTS) is 1. The third-order valence-electron chi connectivity index (χ3n) is 3.93. The highest BCUT2D eigenvalue weighted by atomic mass is 19.4. The number of hydrogen-bond donors (Lipinski definition) is 2. The summed E-state index contributed by atoms with van der Waals surface area (Å²) in [5.41, 5.74) is 3.40. The highest BCUT2D eigenvalue weighted by molar-refractivity contribution is 5.73. The van der Waals surface area contributed by atoms with Crippen LogP contribution in [0.3, 0.4) is 0 Å². The van der Waals surface area contributed by atoms with Gasteiger partial charge in [0.2, 0.25) is 5.95 Å². The molecule has 1 saturated heterocycles. The van der Waals surface area contributed by atoms with Crippen LogP contribution < -0.4 is 10.2 Å². The van der Waals surface area contributed by atoms with E-state index in [1.807, 2.05) is 24.4 Å². The molecule has 1 aromatic heterocycles. The van der Waals surface area contributed by atoms with Crippen LogP contribution >= 0.6 is 0 Å². The third kappa shape index (κ3) is 4.92. The third-order valence-corrected chi connectivity index (χ3v) is 3.93. The Morgan fingerprint density at radius 3 is 2.38 bits per heavy atom. The molecule has 2 aromatic rings. The molecule has 0 aliphatic carbocycles. The molecule has 1 fully saturated rings. The van der Waals surface area contributed by atoms with Crippen LogP contribution in [0.5, 0.6) is 0 Å². The predicted octanol–water partition coefficient (Wildman–Crippen LogP) is 2.49. The second-order valence-electron chi connectivity index (χ2n) is 5.78. The lowest BCUT2D eigenvalue weighted by Gasteiger charge is -2.35. The fourth-order valence-electron chi connectivity index (χ4n) is 2.24. The molecule has 1 aliphatic heterocycles. The van der Waals surface area contributed by atoms with Crippen molar-refractivity contribution < 1.29 is 23.1 Å². The number of carbonyl (C=O) groups is 1. The molecule has 0 amide bonds. The van der Waals surface area contributed by atoms with E-state index in [9.17, 15) is 13.2 Å². The smallest absolute Gasteiger partial charge is 0.475 e. The highest BCUT2D eigenvalue weighted by Crippen LogP contribution is 2.22. The number of nitrogens with zero attached hydrogens (tertiary/aromatic N) is 3. The molecule has 6 nitrogen and oxygen atoms in total. The second-order valence-corrected chi connectivity index (χ2v) is 5.78. The van der Waals surface area contributed by atoms with Gasteiger partial charge in [0.15, 0.2) is 0 Å². The van der Waals surface area contributed by atoms with Gasteiger partial charge in [0.05, 0.1) is 11.7 Å². The van der Waals surface area contributed by atoms with Crippen LogP contribution in [-0.4, -0.2) is 53.4 Å². The number of benzene rings is 1. The van der Waals surface area contributed by atoms with Gasteiger partial charge in [0, 0.05) is 31.9 Å². The van der Waals surface area contributed by atoms with Gasteiger partial charge in [-0.15, -0.1) is 0 Å². The molecule has 0 atom stereocenters. The normalized spacial score (nSPS) is 14.0. The maximum Gasteiger partial charge on any atom is 0.490 e. The molecule has 0 saturated carbocycles. The van der Waals surface area contributed by atoms with Crippen molar-refractivity contribution in [3.8, 4) is 11.3 Å². The van der Waals surface area contributed by atoms with Crippen LogP contribution in [-0.2, 0) is 4.79 Å². The summed E-state index contributed by atoms with van der Waals surface area (Å²) >= 11 is 0. The van der Waals surface area contributed by atoms with Gasteiger partial charge in [0.25, 0.3) is 0 Å². The molecule has 26 heavy (non-hydrogen) atoms. The Labute approximate surface area is 148 Å². The summed E-state index contributed by atoms with van der Waals surface area (Å²) in [6.07, 6.45) is -3.24. The van der Waals surface area contributed by atoms with Gasteiger partial charge >= 0.3 is 12.1 Å². The van der Waals surface area contributed by atoms with Crippen LogP contribution in [0.1, 0.15) is 5.56 Å². The van der Waals surface area contributed by atoms with E-state index in [2.05, 4.69) is 41.3 Å². The first-order valence-electron chi connectivity index (χ1n) is 7.83. The van der Waals surface area contributed by atoms with E-state index in [4.69, 9.17) is 14.9 Å². The summed E-state index contributed by atoms with van der Waals surface area (Å²) in [4.78, 5) is 20.1. The molecule has 0 spiro atoms. The predicted molar refractivity (Wildman–Crippen MR) is 91.0 cm³/mol. The zero-order valence-electron chi connectivity index (χ0n) is 14.3. The number of halogens is 3. The number of aromatic nitrogens is 2. The lowest BCUT2D eigenvalue weighted by Crippen LogP contribution is -2.56. The Bertz CT molecular complexity index is 764. The number of nitrogens with one attached hydrogen (secondary N) is 1. The number of rotatable bonds is 3.